The lowest BCUT2D eigenvalue weighted by molar-refractivity contribution is -0.187. The first-order chi connectivity index (χ1) is 13.3. The normalized spacial score (nSPS) is 21.0. The molecule has 1 fully saturated rings. The molecule has 2 atom stereocenters. The summed E-state index contributed by atoms with van der Waals surface area (Å²) in [5.41, 5.74) is 1.47. The fourth-order valence-electron chi connectivity index (χ4n) is 4.11. The van der Waals surface area contributed by atoms with E-state index in [2.05, 4.69) is 0 Å². The number of alkyl halides is 3. The Morgan fingerprint density at radius 2 is 1.96 bits per heavy atom. The Hall–Kier alpha value is -2.41. The highest BCUT2D eigenvalue weighted by Gasteiger charge is 2.47. The van der Waals surface area contributed by atoms with Gasteiger partial charge < -0.3 is 14.5 Å². The van der Waals surface area contributed by atoms with Gasteiger partial charge >= 0.3 is 12.1 Å². The van der Waals surface area contributed by atoms with E-state index in [0.29, 0.717) is 41.6 Å². The fourth-order valence-corrected chi connectivity index (χ4v) is 4.28. The van der Waals surface area contributed by atoms with Gasteiger partial charge in [0.25, 0.3) is 0 Å². The van der Waals surface area contributed by atoms with E-state index in [9.17, 15) is 18.0 Å². The van der Waals surface area contributed by atoms with Crippen molar-refractivity contribution in [1.29, 1.82) is 0 Å². The summed E-state index contributed by atoms with van der Waals surface area (Å²) in [5.74, 6) is -0.684. The number of anilines is 1. The summed E-state index contributed by atoms with van der Waals surface area (Å²) < 4.78 is 45.4. The number of halogens is 4. The first-order valence-electron chi connectivity index (χ1n) is 8.94. The summed E-state index contributed by atoms with van der Waals surface area (Å²) >= 11 is 6.19. The summed E-state index contributed by atoms with van der Waals surface area (Å²) in [7, 11) is 1.22. The number of fused-ring (bicyclic) bond motifs is 5. The molecule has 2 aliphatic heterocycles. The van der Waals surface area contributed by atoms with Gasteiger partial charge in [0.2, 0.25) is 0 Å². The molecular weight excluding hydrogens is 393 g/mol. The smallest absolute Gasteiger partial charge is 0.455 e. The van der Waals surface area contributed by atoms with Crippen molar-refractivity contribution in [1.82, 2.24) is 4.90 Å². The highest BCUT2D eigenvalue weighted by molar-refractivity contribution is 6.31. The quantitative estimate of drug-likeness (QED) is 0.649. The Labute approximate surface area is 165 Å². The first kappa shape index (κ1) is 18.9. The van der Waals surface area contributed by atoms with E-state index >= 15 is 0 Å². The summed E-state index contributed by atoms with van der Waals surface area (Å²) in [6, 6.07) is 11.4. The Bertz CT molecular complexity index is 919. The molecule has 28 heavy (non-hydrogen) atoms. The number of carbonyl (C=O) groups excluding carboxylic acids is 1. The summed E-state index contributed by atoms with van der Waals surface area (Å²) in [6.07, 6.45) is -3.81. The third-order valence-corrected chi connectivity index (χ3v) is 5.58. The zero-order chi connectivity index (χ0) is 20.1. The highest BCUT2D eigenvalue weighted by Crippen LogP contribution is 2.49. The molecule has 148 valence electrons. The van der Waals surface area contributed by atoms with Gasteiger partial charge in [-0.1, -0.05) is 29.8 Å². The van der Waals surface area contributed by atoms with Gasteiger partial charge in [-0.15, -0.1) is 0 Å². The van der Waals surface area contributed by atoms with Crippen molar-refractivity contribution in [3.8, 4) is 11.5 Å². The monoisotopic (exact) mass is 410 g/mol. The number of para-hydroxylation sites is 1. The number of piperidine rings is 1. The van der Waals surface area contributed by atoms with Crippen molar-refractivity contribution in [2.45, 2.75) is 31.1 Å². The zero-order valence-electron chi connectivity index (χ0n) is 15.0. The van der Waals surface area contributed by atoms with Crippen LogP contribution in [0, 0.1) is 0 Å². The molecule has 0 bridgehead atoms. The van der Waals surface area contributed by atoms with Crippen LogP contribution in [0.15, 0.2) is 42.5 Å². The number of amides is 1. The van der Waals surface area contributed by atoms with E-state index < -0.39 is 24.2 Å². The van der Waals surface area contributed by atoms with Crippen LogP contribution in [-0.4, -0.2) is 36.6 Å². The van der Waals surface area contributed by atoms with Crippen LogP contribution in [0.5, 0.6) is 11.5 Å². The molecule has 1 saturated heterocycles. The number of likely N-dealkylation sites (N-methyl/N-ethyl adjacent to an activating group) is 1. The Morgan fingerprint density at radius 1 is 1.21 bits per heavy atom. The van der Waals surface area contributed by atoms with Crippen LogP contribution in [0.3, 0.4) is 0 Å². The van der Waals surface area contributed by atoms with Crippen molar-refractivity contribution in [2.24, 2.45) is 0 Å². The maximum atomic E-state index is 13.1. The Morgan fingerprint density at radius 3 is 2.71 bits per heavy atom. The van der Waals surface area contributed by atoms with Crippen LogP contribution in [0.1, 0.15) is 24.4 Å². The second-order valence-corrected chi connectivity index (χ2v) is 7.45. The minimum Gasteiger partial charge on any atom is -0.455 e. The van der Waals surface area contributed by atoms with Gasteiger partial charge in [0.05, 0.1) is 17.8 Å². The maximum Gasteiger partial charge on any atom is 0.471 e. The van der Waals surface area contributed by atoms with Crippen LogP contribution in [0.25, 0.3) is 0 Å². The molecular formula is C20H18ClF3N2O2. The minimum absolute atomic E-state index is 0.462. The average Bonchev–Trinajstić information content (AvgIpc) is 2.80. The number of benzene rings is 2. The van der Waals surface area contributed by atoms with E-state index in [-0.39, 0.29) is 0 Å². The lowest BCUT2D eigenvalue weighted by atomic mass is 9.88. The molecule has 2 heterocycles. The van der Waals surface area contributed by atoms with Crippen LogP contribution in [0.4, 0.5) is 18.9 Å². The van der Waals surface area contributed by atoms with Crippen LogP contribution in [-0.2, 0) is 4.79 Å². The largest absolute Gasteiger partial charge is 0.471 e. The summed E-state index contributed by atoms with van der Waals surface area (Å²) in [5, 5.41) is 0.508. The predicted molar refractivity (Wildman–Crippen MR) is 99.9 cm³/mol. The second kappa shape index (κ2) is 6.88. The predicted octanol–water partition coefficient (Wildman–Crippen LogP) is 5.18. The SMILES string of the molecule is CN(C(=O)C(F)(F)F)[C@@H]1CCCN2c3cc(Cl)ccc3Oc3ccccc3[C@@H]12. The number of hydrogen-bond donors (Lipinski definition) is 0. The lowest BCUT2D eigenvalue weighted by Crippen LogP contribution is -2.53. The van der Waals surface area contributed by atoms with Gasteiger partial charge in [0.1, 0.15) is 5.75 Å². The Kier molecular flexibility index (Phi) is 4.65. The van der Waals surface area contributed by atoms with Gasteiger partial charge in [0, 0.05) is 24.2 Å². The second-order valence-electron chi connectivity index (χ2n) is 7.01. The van der Waals surface area contributed by atoms with Gasteiger partial charge in [-0.25, -0.2) is 0 Å². The fraction of sp³-hybridized carbons (Fsp3) is 0.350. The molecule has 4 rings (SSSR count). The number of nitrogens with zero attached hydrogens (tertiary/aromatic N) is 2. The third kappa shape index (κ3) is 3.17. The van der Waals surface area contributed by atoms with Gasteiger partial charge in [0.15, 0.2) is 5.75 Å². The van der Waals surface area contributed by atoms with Crippen LogP contribution >= 0.6 is 11.6 Å². The average molecular weight is 411 g/mol. The number of ether oxygens (including phenoxy) is 1. The van der Waals surface area contributed by atoms with Crippen molar-refractivity contribution in [2.75, 3.05) is 18.5 Å². The van der Waals surface area contributed by atoms with E-state index in [1.807, 2.05) is 23.1 Å². The minimum atomic E-state index is -4.92. The van der Waals surface area contributed by atoms with E-state index in [4.69, 9.17) is 16.3 Å². The highest BCUT2D eigenvalue weighted by atomic mass is 35.5. The number of hydrogen-bond acceptors (Lipinski definition) is 3. The molecule has 0 unspecified atom stereocenters. The number of rotatable bonds is 1. The zero-order valence-corrected chi connectivity index (χ0v) is 15.8. The summed E-state index contributed by atoms with van der Waals surface area (Å²) in [4.78, 5) is 14.8. The lowest BCUT2D eigenvalue weighted by Gasteiger charge is -2.45. The van der Waals surface area contributed by atoms with Crippen LogP contribution in [0.2, 0.25) is 5.02 Å². The molecule has 1 amide bonds. The molecule has 2 aromatic carbocycles. The van der Waals surface area contributed by atoms with E-state index in [1.54, 1.807) is 24.3 Å². The standard InChI is InChI=1S/C20H18ClF3N2O2/c1-25(19(27)20(22,23)24)14-6-4-10-26-15-11-12(21)8-9-17(15)28-16-7-3-2-5-13(16)18(14)26/h2-3,5,7-9,11,14,18H,4,6,10H2,1H3/t14-,18+/m1/s1. The molecule has 0 N–H and O–H groups in total. The molecule has 4 nitrogen and oxygen atoms in total. The third-order valence-electron chi connectivity index (χ3n) is 5.35. The topological polar surface area (TPSA) is 32.8 Å². The van der Waals surface area contributed by atoms with Crippen molar-refractivity contribution >= 4 is 23.2 Å². The molecule has 2 aliphatic rings. The molecule has 2 aromatic rings. The van der Waals surface area contributed by atoms with Gasteiger partial charge in [-0.2, -0.15) is 13.2 Å². The molecule has 0 saturated carbocycles. The van der Waals surface area contributed by atoms with E-state index in [1.165, 1.54) is 7.05 Å². The number of carbonyl (C=O) groups is 1. The van der Waals surface area contributed by atoms with Crippen molar-refractivity contribution < 1.29 is 22.7 Å². The summed E-state index contributed by atoms with van der Waals surface area (Å²) in [6.45, 7) is 0.625. The molecule has 0 aromatic heterocycles. The first-order valence-corrected chi connectivity index (χ1v) is 9.32. The van der Waals surface area contributed by atoms with E-state index in [0.717, 1.165) is 10.5 Å². The van der Waals surface area contributed by atoms with Gasteiger partial charge in [-0.3, -0.25) is 4.79 Å². The molecule has 8 heteroatoms. The van der Waals surface area contributed by atoms with Crippen molar-refractivity contribution in [3.63, 3.8) is 0 Å². The van der Waals surface area contributed by atoms with Crippen LogP contribution < -0.4 is 9.64 Å². The molecule has 0 spiro atoms. The molecule has 0 aliphatic carbocycles. The maximum absolute atomic E-state index is 13.1. The van der Waals surface area contributed by atoms with Gasteiger partial charge in [-0.05, 0) is 37.1 Å². The molecule has 0 radical (unpaired) electrons. The Balaban J connectivity index is 1.85. The van der Waals surface area contributed by atoms with Crippen molar-refractivity contribution in [3.05, 3.63) is 53.1 Å².